The van der Waals surface area contributed by atoms with E-state index in [1.807, 2.05) is 0 Å². The van der Waals surface area contributed by atoms with Crippen molar-refractivity contribution in [1.82, 2.24) is 5.32 Å². The van der Waals surface area contributed by atoms with Crippen molar-refractivity contribution in [2.45, 2.75) is 13.8 Å². The second-order valence-corrected chi connectivity index (χ2v) is 4.62. The first-order chi connectivity index (χ1) is 7.44. The van der Waals surface area contributed by atoms with Gasteiger partial charge in [0.1, 0.15) is 0 Å². The molecule has 4 heteroatoms. The second kappa shape index (κ2) is 5.00. The summed E-state index contributed by atoms with van der Waals surface area (Å²) in [4.78, 5) is 11.7. The van der Waals surface area contributed by atoms with Gasteiger partial charge in [0, 0.05) is 17.1 Å². The minimum atomic E-state index is -0.553. The molecule has 0 spiro atoms. The molecule has 16 heavy (non-hydrogen) atoms. The molecule has 1 aromatic rings. The van der Waals surface area contributed by atoms with Gasteiger partial charge >= 0.3 is 0 Å². The standard InChI is InChI=1S/C12H13ClN2O/c1-12(2,7-14)8-15-11(16)9-3-5-10(13)6-4-9/h3-6H,8H2,1-2H3,(H,15,16). The van der Waals surface area contributed by atoms with Crippen LogP contribution in [-0.2, 0) is 0 Å². The minimum Gasteiger partial charge on any atom is -0.350 e. The van der Waals surface area contributed by atoms with Crippen molar-refractivity contribution in [3.05, 3.63) is 34.9 Å². The van der Waals surface area contributed by atoms with Crippen LogP contribution in [0.1, 0.15) is 24.2 Å². The fourth-order valence-corrected chi connectivity index (χ4v) is 1.17. The summed E-state index contributed by atoms with van der Waals surface area (Å²) in [5.74, 6) is -0.194. The Bertz CT molecular complexity index is 418. The first kappa shape index (κ1) is 12.5. The molecule has 0 saturated carbocycles. The molecule has 0 heterocycles. The average Bonchev–Trinajstić information content (AvgIpc) is 2.27. The number of amides is 1. The normalized spacial score (nSPS) is 10.6. The number of nitrogens with one attached hydrogen (secondary N) is 1. The van der Waals surface area contributed by atoms with Crippen LogP contribution in [0.25, 0.3) is 0 Å². The lowest BCUT2D eigenvalue weighted by atomic mass is 9.96. The number of carbonyl (C=O) groups excluding carboxylic acids is 1. The van der Waals surface area contributed by atoms with Crippen LogP contribution < -0.4 is 5.32 Å². The summed E-state index contributed by atoms with van der Waals surface area (Å²) in [7, 11) is 0. The Morgan fingerprint density at radius 1 is 1.44 bits per heavy atom. The molecule has 0 aliphatic carbocycles. The average molecular weight is 237 g/mol. The summed E-state index contributed by atoms with van der Waals surface area (Å²) < 4.78 is 0. The van der Waals surface area contributed by atoms with E-state index in [2.05, 4.69) is 11.4 Å². The molecule has 0 unspecified atom stereocenters. The number of carbonyl (C=O) groups is 1. The van der Waals surface area contributed by atoms with Crippen molar-refractivity contribution < 1.29 is 4.79 Å². The Balaban J connectivity index is 2.61. The summed E-state index contributed by atoms with van der Waals surface area (Å²) >= 11 is 5.71. The smallest absolute Gasteiger partial charge is 0.251 e. The third-order valence-electron chi connectivity index (χ3n) is 2.10. The van der Waals surface area contributed by atoms with Crippen molar-refractivity contribution in [3.63, 3.8) is 0 Å². The lowest BCUT2D eigenvalue weighted by molar-refractivity contribution is 0.0944. The number of nitrogens with zero attached hydrogens (tertiary/aromatic N) is 1. The van der Waals surface area contributed by atoms with Gasteiger partial charge in [-0.25, -0.2) is 0 Å². The first-order valence-electron chi connectivity index (χ1n) is 4.90. The topological polar surface area (TPSA) is 52.9 Å². The van der Waals surface area contributed by atoms with Gasteiger partial charge in [0.2, 0.25) is 0 Å². The Labute approximate surface area is 100 Å². The van der Waals surface area contributed by atoms with Crippen molar-refractivity contribution in [2.24, 2.45) is 5.41 Å². The van der Waals surface area contributed by atoms with Gasteiger partial charge in [-0.2, -0.15) is 5.26 Å². The van der Waals surface area contributed by atoms with Crippen LogP contribution in [0.2, 0.25) is 5.02 Å². The number of benzene rings is 1. The predicted molar refractivity (Wildman–Crippen MR) is 63.2 cm³/mol. The van der Waals surface area contributed by atoms with E-state index in [1.54, 1.807) is 38.1 Å². The van der Waals surface area contributed by atoms with Crippen LogP contribution >= 0.6 is 11.6 Å². The summed E-state index contributed by atoms with van der Waals surface area (Å²) in [6, 6.07) is 8.74. The van der Waals surface area contributed by atoms with Crippen LogP contribution in [-0.4, -0.2) is 12.5 Å². The van der Waals surface area contributed by atoms with Crippen molar-refractivity contribution >= 4 is 17.5 Å². The molecule has 1 aromatic carbocycles. The zero-order valence-corrected chi connectivity index (χ0v) is 10.0. The molecular weight excluding hydrogens is 224 g/mol. The molecule has 0 bridgehead atoms. The van der Waals surface area contributed by atoms with Crippen molar-refractivity contribution in [3.8, 4) is 6.07 Å². The van der Waals surface area contributed by atoms with Gasteiger partial charge in [0.25, 0.3) is 5.91 Å². The molecule has 0 fully saturated rings. The fraction of sp³-hybridized carbons (Fsp3) is 0.333. The monoisotopic (exact) mass is 236 g/mol. The van der Waals surface area contributed by atoms with Crippen molar-refractivity contribution in [1.29, 1.82) is 5.26 Å². The molecule has 0 radical (unpaired) electrons. The van der Waals surface area contributed by atoms with E-state index in [4.69, 9.17) is 16.9 Å². The van der Waals surface area contributed by atoms with Gasteiger partial charge in [0.05, 0.1) is 11.5 Å². The summed E-state index contributed by atoms with van der Waals surface area (Å²) in [6.07, 6.45) is 0. The zero-order chi connectivity index (χ0) is 12.2. The van der Waals surface area contributed by atoms with E-state index in [-0.39, 0.29) is 5.91 Å². The summed E-state index contributed by atoms with van der Waals surface area (Å²) in [5, 5.41) is 12.1. The van der Waals surface area contributed by atoms with Crippen LogP contribution in [0.15, 0.2) is 24.3 Å². The quantitative estimate of drug-likeness (QED) is 0.877. The summed E-state index contributed by atoms with van der Waals surface area (Å²) in [5.41, 5.74) is -0.0135. The van der Waals surface area contributed by atoms with E-state index in [0.29, 0.717) is 17.1 Å². The maximum atomic E-state index is 11.7. The van der Waals surface area contributed by atoms with E-state index < -0.39 is 5.41 Å². The molecule has 1 amide bonds. The van der Waals surface area contributed by atoms with Gasteiger partial charge in [-0.1, -0.05) is 11.6 Å². The third kappa shape index (κ3) is 3.56. The Hall–Kier alpha value is -1.53. The fourth-order valence-electron chi connectivity index (χ4n) is 1.04. The highest BCUT2D eigenvalue weighted by molar-refractivity contribution is 6.30. The molecule has 0 atom stereocenters. The van der Waals surface area contributed by atoms with E-state index in [9.17, 15) is 4.79 Å². The predicted octanol–water partition coefficient (Wildman–Crippen LogP) is 2.62. The van der Waals surface area contributed by atoms with Crippen LogP contribution in [0.5, 0.6) is 0 Å². The number of nitriles is 1. The molecular formula is C12H13ClN2O. The van der Waals surface area contributed by atoms with E-state index in [1.165, 1.54) is 0 Å². The van der Waals surface area contributed by atoms with Crippen LogP contribution in [0.3, 0.4) is 0 Å². The van der Waals surface area contributed by atoms with E-state index in [0.717, 1.165) is 0 Å². The molecule has 0 aliphatic heterocycles. The molecule has 1 N–H and O–H groups in total. The Morgan fingerprint density at radius 2 is 2.00 bits per heavy atom. The molecule has 0 aromatic heterocycles. The second-order valence-electron chi connectivity index (χ2n) is 4.19. The molecule has 84 valence electrons. The molecule has 3 nitrogen and oxygen atoms in total. The summed E-state index contributed by atoms with van der Waals surface area (Å²) in [6.45, 7) is 3.87. The van der Waals surface area contributed by atoms with Gasteiger partial charge in [0.15, 0.2) is 0 Å². The van der Waals surface area contributed by atoms with Crippen molar-refractivity contribution in [2.75, 3.05) is 6.54 Å². The lowest BCUT2D eigenvalue weighted by Gasteiger charge is -2.15. The van der Waals surface area contributed by atoms with Crippen LogP contribution in [0.4, 0.5) is 0 Å². The number of halogens is 1. The minimum absolute atomic E-state index is 0.194. The SMILES string of the molecule is CC(C)(C#N)CNC(=O)c1ccc(Cl)cc1. The van der Waals surface area contributed by atoms with E-state index >= 15 is 0 Å². The highest BCUT2D eigenvalue weighted by atomic mass is 35.5. The Kier molecular flexibility index (Phi) is 3.92. The maximum absolute atomic E-state index is 11.7. The third-order valence-corrected chi connectivity index (χ3v) is 2.35. The first-order valence-corrected chi connectivity index (χ1v) is 5.27. The zero-order valence-electron chi connectivity index (χ0n) is 9.25. The highest BCUT2D eigenvalue weighted by Crippen LogP contribution is 2.12. The van der Waals surface area contributed by atoms with Gasteiger partial charge < -0.3 is 5.32 Å². The van der Waals surface area contributed by atoms with Crippen LogP contribution in [0, 0.1) is 16.7 Å². The molecule has 0 saturated heterocycles. The Morgan fingerprint density at radius 3 is 2.50 bits per heavy atom. The van der Waals surface area contributed by atoms with Gasteiger partial charge in [-0.3, -0.25) is 4.79 Å². The molecule has 0 aliphatic rings. The van der Waals surface area contributed by atoms with Gasteiger partial charge in [-0.05, 0) is 38.1 Å². The maximum Gasteiger partial charge on any atom is 0.251 e. The number of hydrogen-bond donors (Lipinski definition) is 1. The molecule has 1 rings (SSSR count). The number of rotatable bonds is 3. The highest BCUT2D eigenvalue weighted by Gasteiger charge is 2.17. The lowest BCUT2D eigenvalue weighted by Crippen LogP contribution is -2.33. The largest absolute Gasteiger partial charge is 0.350 e. The number of hydrogen-bond acceptors (Lipinski definition) is 2. The van der Waals surface area contributed by atoms with Gasteiger partial charge in [-0.15, -0.1) is 0 Å².